The Kier molecular flexibility index (Phi) is 3.28. The van der Waals surface area contributed by atoms with Crippen LogP contribution < -0.4 is 5.32 Å². The van der Waals surface area contributed by atoms with E-state index in [-0.39, 0.29) is 17.1 Å². The number of aromatic carboxylic acids is 1. The van der Waals surface area contributed by atoms with Crippen LogP contribution >= 0.6 is 0 Å². The number of hydrogen-bond donors (Lipinski definition) is 2. The number of hydrogen-bond acceptors (Lipinski definition) is 4. The van der Waals surface area contributed by atoms with Gasteiger partial charge in [0.25, 0.3) is 5.91 Å². The van der Waals surface area contributed by atoms with Crippen molar-refractivity contribution < 1.29 is 14.7 Å². The monoisotopic (exact) mass is 260 g/mol. The first-order valence-corrected chi connectivity index (χ1v) is 5.50. The Morgan fingerprint density at radius 3 is 2.68 bits per heavy atom. The molecule has 98 valence electrons. The van der Waals surface area contributed by atoms with E-state index >= 15 is 0 Å². The maximum atomic E-state index is 11.9. The van der Waals surface area contributed by atoms with E-state index in [4.69, 9.17) is 5.11 Å². The fraction of sp³-hybridized carbons (Fsp3) is 0.167. The summed E-state index contributed by atoms with van der Waals surface area (Å²) in [5.41, 5.74) is 0.524. The smallest absolute Gasteiger partial charge is 0.341 e. The number of carbonyl (C=O) groups excluding carboxylic acids is 1. The van der Waals surface area contributed by atoms with Crippen LogP contribution in [0.3, 0.4) is 0 Å². The van der Waals surface area contributed by atoms with E-state index in [1.54, 1.807) is 32.2 Å². The first kappa shape index (κ1) is 12.7. The molecule has 2 aromatic rings. The molecular weight excluding hydrogens is 248 g/mol. The van der Waals surface area contributed by atoms with Crippen molar-refractivity contribution in [3.05, 3.63) is 41.3 Å². The number of rotatable bonds is 3. The molecule has 0 saturated heterocycles. The number of carbonyl (C=O) groups is 2. The van der Waals surface area contributed by atoms with Gasteiger partial charge in [-0.3, -0.25) is 14.5 Å². The van der Waals surface area contributed by atoms with Crippen LogP contribution in [-0.2, 0) is 7.05 Å². The molecular formula is C12H12N4O3. The summed E-state index contributed by atoms with van der Waals surface area (Å²) in [6.45, 7) is 1.57. The van der Waals surface area contributed by atoms with Crippen molar-refractivity contribution >= 4 is 17.7 Å². The number of nitrogens with zero attached hydrogens (tertiary/aromatic N) is 3. The van der Waals surface area contributed by atoms with Gasteiger partial charge < -0.3 is 10.4 Å². The van der Waals surface area contributed by atoms with E-state index in [0.717, 1.165) is 0 Å². The van der Waals surface area contributed by atoms with Crippen LogP contribution in [0.2, 0.25) is 0 Å². The van der Waals surface area contributed by atoms with E-state index in [1.807, 2.05) is 0 Å². The molecule has 7 heteroatoms. The molecule has 0 aromatic carbocycles. The third-order valence-corrected chi connectivity index (χ3v) is 2.57. The highest BCUT2D eigenvalue weighted by Gasteiger charge is 2.21. The first-order chi connectivity index (χ1) is 9.00. The standard InChI is InChI=1S/C12H12N4O3/c1-7-9(12(18)19)10(16(2)15-7)14-11(17)8-5-3-4-6-13-8/h3-6H,1-2H3,(H,14,17)(H,18,19). The van der Waals surface area contributed by atoms with Crippen molar-refractivity contribution in [2.24, 2.45) is 7.05 Å². The van der Waals surface area contributed by atoms with Crippen molar-refractivity contribution in [3.63, 3.8) is 0 Å². The molecule has 0 fully saturated rings. The number of amides is 1. The molecule has 2 aromatic heterocycles. The number of aryl methyl sites for hydroxylation is 2. The SMILES string of the molecule is Cc1nn(C)c(NC(=O)c2ccccn2)c1C(=O)O. The molecule has 0 aliphatic carbocycles. The highest BCUT2D eigenvalue weighted by molar-refractivity contribution is 6.06. The molecule has 0 unspecified atom stereocenters. The molecule has 7 nitrogen and oxygen atoms in total. The summed E-state index contributed by atoms with van der Waals surface area (Å²) in [6.07, 6.45) is 1.49. The van der Waals surface area contributed by atoms with Crippen LogP contribution in [0.1, 0.15) is 26.5 Å². The van der Waals surface area contributed by atoms with Crippen LogP contribution in [0.25, 0.3) is 0 Å². The maximum Gasteiger partial charge on any atom is 0.341 e. The fourth-order valence-electron chi connectivity index (χ4n) is 1.73. The molecule has 0 radical (unpaired) electrons. The Morgan fingerprint density at radius 2 is 2.11 bits per heavy atom. The summed E-state index contributed by atoms with van der Waals surface area (Å²) in [5.74, 6) is -1.48. The van der Waals surface area contributed by atoms with Crippen molar-refractivity contribution in [1.29, 1.82) is 0 Å². The van der Waals surface area contributed by atoms with E-state index in [1.165, 1.54) is 10.9 Å². The average Bonchev–Trinajstić information content (AvgIpc) is 2.65. The molecule has 0 saturated carbocycles. The summed E-state index contributed by atoms with van der Waals surface area (Å²) in [5, 5.41) is 15.6. The van der Waals surface area contributed by atoms with Gasteiger partial charge in [-0.05, 0) is 19.1 Å². The zero-order valence-electron chi connectivity index (χ0n) is 10.4. The van der Waals surface area contributed by atoms with Crippen LogP contribution in [0, 0.1) is 6.92 Å². The van der Waals surface area contributed by atoms with Gasteiger partial charge in [0.05, 0.1) is 5.69 Å². The third kappa shape index (κ3) is 2.44. The summed E-state index contributed by atoms with van der Waals surface area (Å²) >= 11 is 0. The summed E-state index contributed by atoms with van der Waals surface area (Å²) < 4.78 is 1.32. The van der Waals surface area contributed by atoms with E-state index in [2.05, 4.69) is 15.4 Å². The molecule has 0 bridgehead atoms. The Balaban J connectivity index is 2.34. The maximum absolute atomic E-state index is 11.9. The Bertz CT molecular complexity index is 634. The minimum atomic E-state index is -1.14. The quantitative estimate of drug-likeness (QED) is 0.860. The van der Waals surface area contributed by atoms with E-state index in [9.17, 15) is 9.59 Å². The predicted molar refractivity (Wildman–Crippen MR) is 67.1 cm³/mol. The number of carboxylic acid groups (broad SMARTS) is 1. The molecule has 2 rings (SSSR count). The predicted octanol–water partition coefficient (Wildman–Crippen LogP) is 1.07. The van der Waals surface area contributed by atoms with Crippen molar-refractivity contribution in [1.82, 2.24) is 14.8 Å². The summed E-state index contributed by atoms with van der Waals surface area (Å²) in [6, 6.07) is 4.90. The van der Waals surface area contributed by atoms with E-state index in [0.29, 0.717) is 5.69 Å². The van der Waals surface area contributed by atoms with Crippen molar-refractivity contribution in [2.75, 3.05) is 5.32 Å². The number of carboxylic acids is 1. The average molecular weight is 260 g/mol. The largest absolute Gasteiger partial charge is 0.477 e. The lowest BCUT2D eigenvalue weighted by Gasteiger charge is -2.06. The minimum absolute atomic E-state index is 0.0215. The molecule has 0 spiro atoms. The number of pyridine rings is 1. The minimum Gasteiger partial charge on any atom is -0.477 e. The summed E-state index contributed by atoms with van der Waals surface area (Å²) in [7, 11) is 1.56. The third-order valence-electron chi connectivity index (χ3n) is 2.57. The normalized spacial score (nSPS) is 10.2. The second kappa shape index (κ2) is 4.89. The molecule has 0 aliphatic rings. The molecule has 0 atom stereocenters. The number of anilines is 1. The zero-order chi connectivity index (χ0) is 14.0. The summed E-state index contributed by atoms with van der Waals surface area (Å²) in [4.78, 5) is 27.0. The van der Waals surface area contributed by atoms with Gasteiger partial charge in [0.15, 0.2) is 0 Å². The van der Waals surface area contributed by atoms with Gasteiger partial charge in [-0.2, -0.15) is 5.10 Å². The van der Waals surface area contributed by atoms with Gasteiger partial charge in [0.1, 0.15) is 17.1 Å². The van der Waals surface area contributed by atoms with Crippen LogP contribution in [0.5, 0.6) is 0 Å². The fourth-order valence-corrected chi connectivity index (χ4v) is 1.73. The molecule has 2 heterocycles. The van der Waals surface area contributed by atoms with Crippen molar-refractivity contribution in [2.45, 2.75) is 6.92 Å². The number of nitrogens with one attached hydrogen (secondary N) is 1. The highest BCUT2D eigenvalue weighted by atomic mass is 16.4. The lowest BCUT2D eigenvalue weighted by Crippen LogP contribution is -2.17. The van der Waals surface area contributed by atoms with Gasteiger partial charge in [-0.15, -0.1) is 0 Å². The second-order valence-corrected chi connectivity index (χ2v) is 3.91. The van der Waals surface area contributed by atoms with Gasteiger partial charge in [0.2, 0.25) is 0 Å². The van der Waals surface area contributed by atoms with Gasteiger partial charge in [-0.25, -0.2) is 4.79 Å². The second-order valence-electron chi connectivity index (χ2n) is 3.91. The lowest BCUT2D eigenvalue weighted by molar-refractivity contribution is 0.0697. The lowest BCUT2D eigenvalue weighted by atomic mass is 10.2. The Hall–Kier alpha value is -2.70. The number of aromatic nitrogens is 3. The van der Waals surface area contributed by atoms with Crippen molar-refractivity contribution in [3.8, 4) is 0 Å². The first-order valence-electron chi connectivity index (χ1n) is 5.50. The molecule has 1 amide bonds. The zero-order valence-corrected chi connectivity index (χ0v) is 10.4. The van der Waals surface area contributed by atoms with E-state index < -0.39 is 11.9 Å². The topological polar surface area (TPSA) is 97.1 Å². The van der Waals surface area contributed by atoms with Gasteiger partial charge in [-0.1, -0.05) is 6.07 Å². The highest BCUT2D eigenvalue weighted by Crippen LogP contribution is 2.19. The van der Waals surface area contributed by atoms with Gasteiger partial charge >= 0.3 is 5.97 Å². The van der Waals surface area contributed by atoms with Crippen LogP contribution in [0.15, 0.2) is 24.4 Å². The molecule has 2 N–H and O–H groups in total. The van der Waals surface area contributed by atoms with Gasteiger partial charge in [0, 0.05) is 13.2 Å². The molecule has 19 heavy (non-hydrogen) atoms. The Morgan fingerprint density at radius 1 is 1.37 bits per heavy atom. The Labute approximate surface area is 108 Å². The van der Waals surface area contributed by atoms with Crippen LogP contribution in [-0.4, -0.2) is 31.7 Å². The van der Waals surface area contributed by atoms with Crippen LogP contribution in [0.4, 0.5) is 5.82 Å². The molecule has 0 aliphatic heterocycles.